The third-order valence-corrected chi connectivity index (χ3v) is 5.43. The largest absolute Gasteiger partial charge is 0.497 e. The van der Waals surface area contributed by atoms with Crippen molar-refractivity contribution in [1.82, 2.24) is 10.6 Å². The van der Waals surface area contributed by atoms with Crippen LogP contribution in [-0.2, 0) is 0 Å². The zero-order chi connectivity index (χ0) is 25.3. The van der Waals surface area contributed by atoms with E-state index in [0.29, 0.717) is 39.7 Å². The summed E-state index contributed by atoms with van der Waals surface area (Å²) in [5.41, 5.74) is 1.50. The van der Waals surface area contributed by atoms with Crippen LogP contribution in [0.15, 0.2) is 103 Å². The Labute approximate surface area is 209 Å². The molecule has 0 atom stereocenters. The van der Waals surface area contributed by atoms with E-state index in [-0.39, 0.29) is 11.8 Å². The number of nitrogens with one attached hydrogen (secondary N) is 2. The fraction of sp³-hybridized carbons (Fsp3) is 0.103. The molecule has 0 fully saturated rings. The summed E-state index contributed by atoms with van der Waals surface area (Å²) < 4.78 is 16.3. The molecule has 182 valence electrons. The second kappa shape index (κ2) is 11.6. The Kier molecular flexibility index (Phi) is 7.83. The van der Waals surface area contributed by atoms with Gasteiger partial charge < -0.3 is 24.8 Å². The van der Waals surface area contributed by atoms with Crippen LogP contribution in [0.25, 0.3) is 0 Å². The molecule has 0 aliphatic heterocycles. The van der Waals surface area contributed by atoms with Gasteiger partial charge in [0.1, 0.15) is 29.2 Å². The van der Waals surface area contributed by atoms with Crippen LogP contribution >= 0.6 is 0 Å². The minimum absolute atomic E-state index is 0.355. The van der Waals surface area contributed by atoms with Gasteiger partial charge in [-0.2, -0.15) is 0 Å². The number of amides is 2. The Bertz CT molecular complexity index is 1240. The van der Waals surface area contributed by atoms with Gasteiger partial charge in [-0.3, -0.25) is 9.59 Å². The van der Waals surface area contributed by atoms with E-state index in [1.165, 1.54) is 0 Å². The monoisotopic (exact) mass is 482 g/mol. The predicted molar refractivity (Wildman–Crippen MR) is 137 cm³/mol. The number of benzene rings is 4. The minimum Gasteiger partial charge on any atom is -0.497 e. The lowest BCUT2D eigenvalue weighted by molar-refractivity contribution is 0.0883. The summed E-state index contributed by atoms with van der Waals surface area (Å²) in [6.07, 6.45) is -0.825. The summed E-state index contributed by atoms with van der Waals surface area (Å²) in [4.78, 5) is 26.1. The Morgan fingerprint density at radius 3 is 1.58 bits per heavy atom. The van der Waals surface area contributed by atoms with E-state index in [0.717, 1.165) is 0 Å². The quantitative estimate of drug-likeness (QED) is 0.314. The maximum absolute atomic E-state index is 13.1. The molecule has 0 saturated carbocycles. The zero-order valence-electron chi connectivity index (χ0n) is 19.9. The number of hydrogen-bond acceptors (Lipinski definition) is 5. The van der Waals surface area contributed by atoms with Crippen molar-refractivity contribution in [3.8, 4) is 23.0 Å². The van der Waals surface area contributed by atoms with Crippen LogP contribution in [0.2, 0.25) is 0 Å². The number of carbonyl (C=O) groups is 2. The minimum atomic E-state index is -0.825. The van der Waals surface area contributed by atoms with E-state index in [4.69, 9.17) is 14.2 Å². The average Bonchev–Trinajstić information content (AvgIpc) is 2.93. The molecule has 36 heavy (non-hydrogen) atoms. The van der Waals surface area contributed by atoms with Crippen molar-refractivity contribution in [3.63, 3.8) is 0 Å². The molecule has 0 saturated heterocycles. The molecule has 2 N–H and O–H groups in total. The van der Waals surface area contributed by atoms with Crippen molar-refractivity contribution in [1.29, 1.82) is 0 Å². The number of carbonyl (C=O) groups excluding carboxylic acids is 2. The molecule has 0 unspecified atom stereocenters. The van der Waals surface area contributed by atoms with Crippen molar-refractivity contribution in [2.75, 3.05) is 14.2 Å². The van der Waals surface area contributed by atoms with Crippen LogP contribution in [-0.4, -0.2) is 26.0 Å². The Morgan fingerprint density at radius 2 is 1.08 bits per heavy atom. The molecule has 4 rings (SSSR count). The summed E-state index contributed by atoms with van der Waals surface area (Å²) in [7, 11) is 3.12. The maximum Gasteiger partial charge on any atom is 0.253 e. The van der Waals surface area contributed by atoms with Crippen molar-refractivity contribution in [3.05, 3.63) is 120 Å². The highest BCUT2D eigenvalue weighted by molar-refractivity contribution is 5.97. The van der Waals surface area contributed by atoms with Gasteiger partial charge in [0.05, 0.1) is 14.2 Å². The lowest BCUT2D eigenvalue weighted by atomic mass is 10.1. The Morgan fingerprint density at radius 1 is 0.583 bits per heavy atom. The Hall–Kier alpha value is -4.78. The third-order valence-electron chi connectivity index (χ3n) is 5.43. The fourth-order valence-corrected chi connectivity index (χ4v) is 3.50. The van der Waals surface area contributed by atoms with Crippen LogP contribution in [0.5, 0.6) is 23.0 Å². The maximum atomic E-state index is 13.1. The summed E-state index contributed by atoms with van der Waals surface area (Å²) in [6.45, 7) is 0. The topological polar surface area (TPSA) is 85.9 Å². The lowest BCUT2D eigenvalue weighted by Gasteiger charge is -2.22. The van der Waals surface area contributed by atoms with Gasteiger partial charge in [-0.1, -0.05) is 30.3 Å². The Balaban J connectivity index is 1.59. The van der Waals surface area contributed by atoms with Crippen LogP contribution in [0.1, 0.15) is 32.4 Å². The first kappa shape index (κ1) is 24.3. The first-order valence-corrected chi connectivity index (χ1v) is 11.3. The van der Waals surface area contributed by atoms with Gasteiger partial charge in [0, 0.05) is 11.1 Å². The van der Waals surface area contributed by atoms with E-state index in [9.17, 15) is 9.59 Å². The molecule has 2 amide bonds. The molecular weight excluding hydrogens is 456 g/mol. The zero-order valence-corrected chi connectivity index (χ0v) is 19.9. The first-order valence-electron chi connectivity index (χ1n) is 11.3. The molecule has 0 aliphatic rings. The first-order chi connectivity index (χ1) is 17.6. The molecule has 0 aromatic heterocycles. The molecular formula is C29H26N2O5. The summed E-state index contributed by atoms with van der Waals surface area (Å²) in [5, 5.41) is 5.82. The molecule has 7 nitrogen and oxygen atoms in total. The van der Waals surface area contributed by atoms with Gasteiger partial charge in [0.2, 0.25) is 0 Å². The third kappa shape index (κ3) is 6.21. The standard InChI is InChI=1S/C29H26N2O5/c1-34-23-15-11-20(12-16-23)28(32)30-27(31-29(33)21-13-17-24(35-2)18-14-21)22-7-6-10-26(19-22)36-25-8-4-3-5-9-25/h3-19,27H,1-2H3,(H,30,32)(H,31,33). The van der Waals surface area contributed by atoms with Gasteiger partial charge in [-0.05, 0) is 78.4 Å². The highest BCUT2D eigenvalue weighted by atomic mass is 16.5. The van der Waals surface area contributed by atoms with E-state index in [2.05, 4.69) is 10.6 Å². The van der Waals surface area contributed by atoms with Gasteiger partial charge in [-0.15, -0.1) is 0 Å². The molecule has 0 bridgehead atoms. The van der Waals surface area contributed by atoms with Gasteiger partial charge >= 0.3 is 0 Å². The van der Waals surface area contributed by atoms with Crippen LogP contribution in [0.4, 0.5) is 0 Å². The number of para-hydroxylation sites is 1. The van der Waals surface area contributed by atoms with Crippen molar-refractivity contribution >= 4 is 11.8 Å². The van der Waals surface area contributed by atoms with E-state index in [1.54, 1.807) is 74.9 Å². The van der Waals surface area contributed by atoms with Crippen molar-refractivity contribution < 1.29 is 23.8 Å². The number of methoxy groups -OCH3 is 2. The number of hydrogen-bond donors (Lipinski definition) is 2. The van der Waals surface area contributed by atoms with Gasteiger partial charge in [-0.25, -0.2) is 0 Å². The average molecular weight is 483 g/mol. The summed E-state index contributed by atoms with van der Waals surface area (Å²) >= 11 is 0. The molecule has 4 aromatic carbocycles. The predicted octanol–water partition coefficient (Wildman–Crippen LogP) is 5.35. The normalized spacial score (nSPS) is 10.4. The molecule has 0 aliphatic carbocycles. The van der Waals surface area contributed by atoms with Crippen LogP contribution in [0, 0.1) is 0 Å². The van der Waals surface area contributed by atoms with E-state index < -0.39 is 6.17 Å². The smallest absolute Gasteiger partial charge is 0.253 e. The molecule has 0 spiro atoms. The molecule has 7 heteroatoms. The summed E-state index contributed by atoms with van der Waals surface area (Å²) in [6, 6.07) is 30.0. The SMILES string of the molecule is COc1ccc(C(=O)NC(NC(=O)c2ccc(OC)cc2)c2cccc(Oc3ccccc3)c2)cc1. The number of rotatable bonds is 9. The van der Waals surface area contributed by atoms with E-state index in [1.807, 2.05) is 42.5 Å². The van der Waals surface area contributed by atoms with Crippen LogP contribution in [0.3, 0.4) is 0 Å². The fourth-order valence-electron chi connectivity index (χ4n) is 3.50. The van der Waals surface area contributed by atoms with Crippen molar-refractivity contribution in [2.45, 2.75) is 6.17 Å². The van der Waals surface area contributed by atoms with Crippen molar-refractivity contribution in [2.24, 2.45) is 0 Å². The second-order valence-corrected chi connectivity index (χ2v) is 7.82. The van der Waals surface area contributed by atoms with Crippen LogP contribution < -0.4 is 24.8 Å². The van der Waals surface area contributed by atoms with E-state index >= 15 is 0 Å². The lowest BCUT2D eigenvalue weighted by Crippen LogP contribution is -2.41. The molecule has 0 heterocycles. The van der Waals surface area contributed by atoms with Gasteiger partial charge in [0.25, 0.3) is 11.8 Å². The molecule has 0 radical (unpaired) electrons. The van der Waals surface area contributed by atoms with Gasteiger partial charge in [0.15, 0.2) is 0 Å². The summed E-state index contributed by atoms with van der Waals surface area (Å²) in [5.74, 6) is 1.82. The highest BCUT2D eigenvalue weighted by Crippen LogP contribution is 2.25. The molecule has 4 aromatic rings. The second-order valence-electron chi connectivity index (χ2n) is 7.82. The number of ether oxygens (including phenoxy) is 3. The highest BCUT2D eigenvalue weighted by Gasteiger charge is 2.20.